The van der Waals surface area contributed by atoms with Gasteiger partial charge in [-0.05, 0) is 25.1 Å². The highest BCUT2D eigenvalue weighted by atomic mass is 16.3. The molecule has 2 aromatic heterocycles. The Morgan fingerprint density at radius 3 is 2.74 bits per heavy atom. The summed E-state index contributed by atoms with van der Waals surface area (Å²) in [6, 6.07) is 3.83. The topological polar surface area (TPSA) is 54.2 Å². The lowest BCUT2D eigenvalue weighted by Gasteiger charge is -2.15. The zero-order valence-electron chi connectivity index (χ0n) is 11.5. The lowest BCUT2D eigenvalue weighted by Crippen LogP contribution is -2.19. The van der Waals surface area contributed by atoms with Crippen molar-refractivity contribution in [1.82, 2.24) is 15.3 Å². The van der Waals surface area contributed by atoms with Gasteiger partial charge >= 0.3 is 0 Å². The highest BCUT2D eigenvalue weighted by molar-refractivity contribution is 5.29. The van der Waals surface area contributed by atoms with Crippen LogP contribution in [0.25, 0.3) is 0 Å². The van der Waals surface area contributed by atoms with E-state index in [0.29, 0.717) is 12.5 Å². The average molecular weight is 260 g/mol. The van der Waals surface area contributed by atoms with Gasteiger partial charge in [-0.15, -0.1) is 0 Å². The minimum Gasteiger partial charge on any atom is -0.467 e. The van der Waals surface area contributed by atoms with E-state index >= 15 is 0 Å². The van der Waals surface area contributed by atoms with Crippen LogP contribution >= 0.6 is 0 Å². The van der Waals surface area contributed by atoms with Gasteiger partial charge in [-0.2, -0.15) is 0 Å². The van der Waals surface area contributed by atoms with E-state index in [9.17, 15) is 0 Å². The van der Waals surface area contributed by atoms with E-state index in [1.54, 1.807) is 6.26 Å². The normalized spacial score (nSPS) is 10.6. The van der Waals surface area contributed by atoms with Crippen LogP contribution in [0.15, 0.2) is 35.2 Å². The predicted molar refractivity (Wildman–Crippen MR) is 74.8 cm³/mol. The van der Waals surface area contributed by atoms with E-state index in [1.807, 2.05) is 36.5 Å². The van der Waals surface area contributed by atoms with Gasteiger partial charge in [-0.25, -0.2) is 9.97 Å². The number of rotatable bonds is 7. The Bertz CT molecular complexity index is 467. The zero-order valence-corrected chi connectivity index (χ0v) is 11.5. The molecule has 0 saturated heterocycles. The Hall–Kier alpha value is -1.88. The third kappa shape index (κ3) is 4.06. The smallest absolute Gasteiger partial charge is 0.225 e. The van der Waals surface area contributed by atoms with Crippen LogP contribution in [0.2, 0.25) is 0 Å². The molecule has 5 heteroatoms. The summed E-state index contributed by atoms with van der Waals surface area (Å²) in [5.74, 6) is 1.61. The van der Waals surface area contributed by atoms with E-state index in [4.69, 9.17) is 4.42 Å². The Kier molecular flexibility index (Phi) is 4.92. The van der Waals surface area contributed by atoms with Gasteiger partial charge in [-0.1, -0.05) is 6.92 Å². The fraction of sp³-hybridized carbons (Fsp3) is 0.429. The van der Waals surface area contributed by atoms with Crippen LogP contribution in [-0.2, 0) is 13.1 Å². The molecule has 5 nitrogen and oxygen atoms in total. The van der Waals surface area contributed by atoms with Crippen LogP contribution in [0.5, 0.6) is 0 Å². The fourth-order valence-corrected chi connectivity index (χ4v) is 1.75. The third-order valence-electron chi connectivity index (χ3n) is 2.76. The second-order valence-corrected chi connectivity index (χ2v) is 4.50. The first kappa shape index (κ1) is 13.5. The monoisotopic (exact) mass is 260 g/mol. The first-order chi connectivity index (χ1) is 9.29. The van der Waals surface area contributed by atoms with Crippen LogP contribution < -0.4 is 10.2 Å². The molecule has 0 fully saturated rings. The highest BCUT2D eigenvalue weighted by Crippen LogP contribution is 2.10. The number of nitrogens with one attached hydrogen (secondary N) is 1. The van der Waals surface area contributed by atoms with Crippen molar-refractivity contribution in [2.75, 3.05) is 18.5 Å². The molecular formula is C14H20N4O. The largest absolute Gasteiger partial charge is 0.467 e. The van der Waals surface area contributed by atoms with Crippen molar-refractivity contribution in [3.8, 4) is 0 Å². The van der Waals surface area contributed by atoms with Gasteiger partial charge in [0.05, 0.1) is 12.8 Å². The lowest BCUT2D eigenvalue weighted by atomic mass is 10.3. The molecular weight excluding hydrogens is 240 g/mol. The average Bonchev–Trinajstić information content (AvgIpc) is 2.93. The van der Waals surface area contributed by atoms with Crippen molar-refractivity contribution in [3.05, 3.63) is 42.1 Å². The molecule has 2 rings (SSSR count). The van der Waals surface area contributed by atoms with Crippen LogP contribution in [0.1, 0.15) is 24.7 Å². The summed E-state index contributed by atoms with van der Waals surface area (Å²) in [7, 11) is 1.95. The molecule has 0 aliphatic carbocycles. The SMILES string of the molecule is CCCNCc1cnc(N(C)Cc2ccco2)nc1. The van der Waals surface area contributed by atoms with Crippen molar-refractivity contribution >= 4 is 5.95 Å². The van der Waals surface area contributed by atoms with E-state index < -0.39 is 0 Å². The second-order valence-electron chi connectivity index (χ2n) is 4.50. The van der Waals surface area contributed by atoms with Gasteiger partial charge in [0, 0.05) is 31.5 Å². The standard InChI is InChI=1S/C14H20N4O/c1-3-6-15-8-12-9-16-14(17-10-12)18(2)11-13-5-4-7-19-13/h4-5,7,9-10,15H,3,6,8,11H2,1-2H3. The zero-order chi connectivity index (χ0) is 13.5. The molecule has 0 aliphatic heterocycles. The lowest BCUT2D eigenvalue weighted by molar-refractivity contribution is 0.506. The Morgan fingerprint density at radius 2 is 2.11 bits per heavy atom. The molecule has 1 N–H and O–H groups in total. The molecule has 0 spiro atoms. The third-order valence-corrected chi connectivity index (χ3v) is 2.76. The molecule has 0 aromatic carbocycles. The quantitative estimate of drug-likeness (QED) is 0.773. The molecule has 0 bridgehead atoms. The minimum atomic E-state index is 0.667. The van der Waals surface area contributed by atoms with Crippen molar-refractivity contribution in [2.24, 2.45) is 0 Å². The van der Waals surface area contributed by atoms with Crippen LogP contribution in [-0.4, -0.2) is 23.6 Å². The van der Waals surface area contributed by atoms with Gasteiger partial charge in [0.15, 0.2) is 0 Å². The van der Waals surface area contributed by atoms with Crippen molar-refractivity contribution in [1.29, 1.82) is 0 Å². The number of anilines is 1. The van der Waals surface area contributed by atoms with E-state index in [-0.39, 0.29) is 0 Å². The van der Waals surface area contributed by atoms with Crippen molar-refractivity contribution < 1.29 is 4.42 Å². The molecule has 0 unspecified atom stereocenters. The molecule has 2 heterocycles. The molecule has 0 aliphatic rings. The van der Waals surface area contributed by atoms with Crippen molar-refractivity contribution in [2.45, 2.75) is 26.4 Å². The molecule has 0 amide bonds. The Morgan fingerprint density at radius 1 is 1.32 bits per heavy atom. The maximum Gasteiger partial charge on any atom is 0.225 e. The van der Waals surface area contributed by atoms with Gasteiger partial charge in [0.2, 0.25) is 5.95 Å². The van der Waals surface area contributed by atoms with Crippen LogP contribution in [0.3, 0.4) is 0 Å². The summed E-state index contributed by atoms with van der Waals surface area (Å²) < 4.78 is 5.31. The second kappa shape index (κ2) is 6.89. The van der Waals surface area contributed by atoms with E-state index in [0.717, 1.165) is 30.8 Å². The van der Waals surface area contributed by atoms with Crippen molar-refractivity contribution in [3.63, 3.8) is 0 Å². The maximum absolute atomic E-state index is 5.31. The van der Waals surface area contributed by atoms with Gasteiger partial charge in [0.1, 0.15) is 5.76 Å². The van der Waals surface area contributed by atoms with E-state index in [2.05, 4.69) is 22.2 Å². The number of furan rings is 1. The van der Waals surface area contributed by atoms with Gasteiger partial charge < -0.3 is 14.6 Å². The molecule has 0 radical (unpaired) electrons. The fourth-order valence-electron chi connectivity index (χ4n) is 1.75. The summed E-state index contributed by atoms with van der Waals surface area (Å²) in [6.45, 7) is 4.65. The summed E-state index contributed by atoms with van der Waals surface area (Å²) in [5.41, 5.74) is 1.10. The van der Waals surface area contributed by atoms with Gasteiger partial charge in [0.25, 0.3) is 0 Å². The number of hydrogen-bond acceptors (Lipinski definition) is 5. The molecule has 2 aromatic rings. The highest BCUT2D eigenvalue weighted by Gasteiger charge is 2.06. The molecule has 0 saturated carbocycles. The predicted octanol–water partition coefficient (Wildman–Crippen LogP) is 2.21. The summed E-state index contributed by atoms with van der Waals surface area (Å²) in [5, 5.41) is 3.33. The molecule has 102 valence electrons. The van der Waals surface area contributed by atoms with E-state index in [1.165, 1.54) is 0 Å². The first-order valence-corrected chi connectivity index (χ1v) is 6.54. The number of nitrogens with zero attached hydrogens (tertiary/aromatic N) is 3. The summed E-state index contributed by atoms with van der Waals surface area (Å²) >= 11 is 0. The number of aromatic nitrogens is 2. The maximum atomic E-state index is 5.31. The summed E-state index contributed by atoms with van der Waals surface area (Å²) in [4.78, 5) is 10.7. The van der Waals surface area contributed by atoms with Crippen LogP contribution in [0, 0.1) is 0 Å². The van der Waals surface area contributed by atoms with Gasteiger partial charge in [-0.3, -0.25) is 0 Å². The Balaban J connectivity index is 1.90. The van der Waals surface area contributed by atoms with Crippen LogP contribution in [0.4, 0.5) is 5.95 Å². The minimum absolute atomic E-state index is 0.667. The molecule has 19 heavy (non-hydrogen) atoms. The first-order valence-electron chi connectivity index (χ1n) is 6.54. The molecule has 0 atom stereocenters. The number of hydrogen-bond donors (Lipinski definition) is 1. The summed E-state index contributed by atoms with van der Waals surface area (Å²) in [6.07, 6.45) is 6.53. The Labute approximate surface area is 113 Å².